The fraction of sp³-hybridized carbons (Fsp3) is 0.538. The Labute approximate surface area is 130 Å². The van der Waals surface area contributed by atoms with Crippen LogP contribution in [0.15, 0.2) is 8.86 Å². The maximum Gasteiger partial charge on any atom is 0.225 e. The zero-order valence-corrected chi connectivity index (χ0v) is 13.8. The van der Waals surface area contributed by atoms with Crippen LogP contribution in [-0.2, 0) is 10.5 Å². The molecule has 0 N–H and O–H groups in total. The topological polar surface area (TPSA) is 72.1 Å². The number of carbonyl (C=O) groups excluding carboxylic acids is 1. The molecule has 2 heterocycles. The van der Waals surface area contributed by atoms with Crippen molar-refractivity contribution in [1.82, 2.24) is 15.4 Å². The summed E-state index contributed by atoms with van der Waals surface area (Å²) in [5, 5.41) is 13.0. The summed E-state index contributed by atoms with van der Waals surface area (Å²) in [6, 6.07) is 0.316. The Morgan fingerprint density at radius 1 is 1.43 bits per heavy atom. The summed E-state index contributed by atoms with van der Waals surface area (Å²) in [5.41, 5.74) is 2.01. The first-order chi connectivity index (χ1) is 10.1. The molecule has 1 aliphatic carbocycles. The molecule has 6 nitrogen and oxygen atoms in total. The van der Waals surface area contributed by atoms with Crippen molar-refractivity contribution in [1.29, 1.82) is 0 Å². The highest BCUT2D eigenvalue weighted by Crippen LogP contribution is 2.36. The summed E-state index contributed by atoms with van der Waals surface area (Å²) in [6.07, 6.45) is 2.11. The van der Waals surface area contributed by atoms with Gasteiger partial charge in [0.05, 0.1) is 5.69 Å². The number of nitrogens with zero attached hydrogens (tertiary/aromatic N) is 4. The summed E-state index contributed by atoms with van der Waals surface area (Å²) >= 11 is 3.06. The highest BCUT2D eigenvalue weighted by Gasteiger charge is 2.34. The Morgan fingerprint density at radius 3 is 2.76 bits per heavy atom. The molecule has 0 saturated heterocycles. The number of aryl methyl sites for hydroxylation is 2. The van der Waals surface area contributed by atoms with Crippen molar-refractivity contribution in [2.45, 2.75) is 49.7 Å². The third-order valence-corrected chi connectivity index (χ3v) is 5.46. The number of hydrogen-bond donors (Lipinski definition) is 0. The van der Waals surface area contributed by atoms with Gasteiger partial charge in [0.15, 0.2) is 4.34 Å². The average molecular weight is 324 g/mol. The minimum Gasteiger partial charge on any atom is -0.361 e. The van der Waals surface area contributed by atoms with Crippen molar-refractivity contribution in [2.24, 2.45) is 0 Å². The quantitative estimate of drug-likeness (QED) is 0.622. The van der Waals surface area contributed by atoms with Gasteiger partial charge in [0.2, 0.25) is 11.0 Å². The van der Waals surface area contributed by atoms with Gasteiger partial charge in [0.25, 0.3) is 0 Å². The molecule has 0 aromatic carbocycles. The summed E-state index contributed by atoms with van der Waals surface area (Å²) in [4.78, 5) is 13.5. The van der Waals surface area contributed by atoms with Crippen LogP contribution in [0.3, 0.4) is 0 Å². The Kier molecular flexibility index (Phi) is 3.99. The third-order valence-electron chi connectivity index (χ3n) is 3.37. The van der Waals surface area contributed by atoms with Crippen molar-refractivity contribution in [2.75, 3.05) is 4.90 Å². The second-order valence-corrected chi connectivity index (χ2v) is 7.24. The largest absolute Gasteiger partial charge is 0.361 e. The molecule has 0 bridgehead atoms. The Hall–Kier alpha value is -1.41. The van der Waals surface area contributed by atoms with Crippen LogP contribution in [0.1, 0.15) is 36.8 Å². The van der Waals surface area contributed by atoms with E-state index in [4.69, 9.17) is 4.52 Å². The molecule has 0 atom stereocenters. The summed E-state index contributed by atoms with van der Waals surface area (Å²) in [6.45, 7) is 5.42. The number of hydrogen-bond acceptors (Lipinski definition) is 7. The fourth-order valence-electron chi connectivity index (χ4n) is 2.08. The number of anilines is 1. The maximum absolute atomic E-state index is 11.7. The molecule has 2 aromatic heterocycles. The van der Waals surface area contributed by atoms with Crippen molar-refractivity contribution in [3.8, 4) is 0 Å². The van der Waals surface area contributed by atoms with Gasteiger partial charge in [0, 0.05) is 24.3 Å². The van der Waals surface area contributed by atoms with Gasteiger partial charge < -0.3 is 4.52 Å². The Morgan fingerprint density at radius 2 is 2.19 bits per heavy atom. The first-order valence-corrected chi connectivity index (χ1v) is 8.54. The molecule has 0 radical (unpaired) electrons. The van der Waals surface area contributed by atoms with Gasteiger partial charge >= 0.3 is 0 Å². The summed E-state index contributed by atoms with van der Waals surface area (Å²) in [5.74, 6) is 1.63. The lowest BCUT2D eigenvalue weighted by Crippen LogP contribution is -2.30. The third kappa shape index (κ3) is 3.11. The van der Waals surface area contributed by atoms with Crippen molar-refractivity contribution in [3.63, 3.8) is 0 Å². The van der Waals surface area contributed by atoms with Crippen LogP contribution >= 0.6 is 23.1 Å². The lowest BCUT2D eigenvalue weighted by molar-refractivity contribution is -0.116. The monoisotopic (exact) mass is 324 g/mol. The van der Waals surface area contributed by atoms with E-state index in [2.05, 4.69) is 15.4 Å². The Bertz CT molecular complexity index is 643. The van der Waals surface area contributed by atoms with Crippen molar-refractivity contribution in [3.05, 3.63) is 17.0 Å². The molecule has 0 unspecified atom stereocenters. The first kappa shape index (κ1) is 14.5. The number of thioether (sulfide) groups is 1. The molecular formula is C13H16N4O2S2. The first-order valence-electron chi connectivity index (χ1n) is 6.74. The highest BCUT2D eigenvalue weighted by atomic mass is 32.2. The lowest BCUT2D eigenvalue weighted by atomic mass is 10.2. The van der Waals surface area contributed by atoms with Gasteiger partial charge in [-0.1, -0.05) is 28.3 Å². The summed E-state index contributed by atoms with van der Waals surface area (Å²) < 4.78 is 6.01. The van der Waals surface area contributed by atoms with Crippen molar-refractivity contribution >= 4 is 34.1 Å². The molecule has 1 aliphatic rings. The molecule has 0 spiro atoms. The second-order valence-electron chi connectivity index (χ2n) is 5.06. The predicted molar refractivity (Wildman–Crippen MR) is 81.6 cm³/mol. The van der Waals surface area contributed by atoms with Crippen LogP contribution in [0.4, 0.5) is 5.13 Å². The van der Waals surface area contributed by atoms with Gasteiger partial charge in [-0.15, -0.1) is 10.2 Å². The van der Waals surface area contributed by atoms with E-state index in [9.17, 15) is 4.79 Å². The fourth-order valence-corrected chi connectivity index (χ4v) is 4.19. The van der Waals surface area contributed by atoms with Crippen molar-refractivity contribution < 1.29 is 9.32 Å². The number of aromatic nitrogens is 3. The van der Waals surface area contributed by atoms with E-state index < -0.39 is 0 Å². The molecule has 2 aromatic rings. The minimum absolute atomic E-state index is 0.0379. The van der Waals surface area contributed by atoms with E-state index in [0.717, 1.165) is 40.0 Å². The second kappa shape index (κ2) is 5.76. The maximum atomic E-state index is 11.7. The summed E-state index contributed by atoms with van der Waals surface area (Å²) in [7, 11) is 0. The van der Waals surface area contributed by atoms with Crippen LogP contribution < -0.4 is 4.90 Å². The molecule has 21 heavy (non-hydrogen) atoms. The molecule has 1 amide bonds. The molecular weight excluding hydrogens is 308 g/mol. The minimum atomic E-state index is 0.0379. The van der Waals surface area contributed by atoms with Gasteiger partial charge in [-0.05, 0) is 26.7 Å². The smallest absolute Gasteiger partial charge is 0.225 e. The van der Waals surface area contributed by atoms with E-state index in [1.165, 1.54) is 11.3 Å². The van der Waals surface area contributed by atoms with E-state index >= 15 is 0 Å². The number of carbonyl (C=O) groups is 1. The SMILES string of the molecule is CC(=O)N(c1nnc(SCc2c(C)noc2C)s1)C1CC1. The van der Waals surface area contributed by atoms with Crippen LogP contribution in [0, 0.1) is 13.8 Å². The predicted octanol–water partition coefficient (Wildman–Crippen LogP) is 2.95. The molecule has 1 saturated carbocycles. The zero-order valence-electron chi connectivity index (χ0n) is 12.1. The van der Waals surface area contributed by atoms with Crippen LogP contribution in [0.25, 0.3) is 0 Å². The number of amides is 1. The number of rotatable bonds is 5. The van der Waals surface area contributed by atoms with Crippen LogP contribution in [0.5, 0.6) is 0 Å². The van der Waals surface area contributed by atoms with Gasteiger partial charge in [-0.25, -0.2) is 0 Å². The highest BCUT2D eigenvalue weighted by molar-refractivity contribution is 8.00. The van der Waals surface area contributed by atoms with Gasteiger partial charge in [-0.3, -0.25) is 9.69 Å². The average Bonchev–Trinajstić information content (AvgIpc) is 3.06. The standard InChI is InChI=1S/C13H16N4O2S2/c1-7-11(8(2)19-16-7)6-20-13-15-14-12(21-13)17(9(3)18)10-4-5-10/h10H,4-6H2,1-3H3. The van der Waals surface area contributed by atoms with E-state index in [1.54, 1.807) is 23.6 Å². The zero-order chi connectivity index (χ0) is 15.0. The van der Waals surface area contributed by atoms with E-state index in [0.29, 0.717) is 11.2 Å². The van der Waals surface area contributed by atoms with E-state index in [1.807, 2.05) is 13.8 Å². The molecule has 1 fully saturated rings. The molecule has 3 rings (SSSR count). The van der Waals surface area contributed by atoms with Crippen LogP contribution in [0.2, 0.25) is 0 Å². The normalized spacial score (nSPS) is 14.4. The van der Waals surface area contributed by atoms with E-state index in [-0.39, 0.29) is 5.91 Å². The van der Waals surface area contributed by atoms with Gasteiger partial charge in [0.1, 0.15) is 5.76 Å². The lowest BCUT2D eigenvalue weighted by Gasteiger charge is -2.15. The molecule has 0 aliphatic heterocycles. The molecule has 112 valence electrons. The van der Waals surface area contributed by atoms with Crippen LogP contribution in [-0.4, -0.2) is 27.3 Å². The Balaban J connectivity index is 1.69. The van der Waals surface area contributed by atoms with Gasteiger partial charge in [-0.2, -0.15) is 0 Å². The molecule has 8 heteroatoms.